The van der Waals surface area contributed by atoms with Crippen LogP contribution in [0, 0.1) is 0 Å². The van der Waals surface area contributed by atoms with Gasteiger partial charge in [0.05, 0.1) is 4.90 Å². The number of nitrogens with zero attached hydrogens (tertiary/aromatic N) is 3. The minimum atomic E-state index is -3.79. The van der Waals surface area contributed by atoms with Crippen LogP contribution in [0.3, 0.4) is 0 Å². The molecule has 1 aliphatic rings. The van der Waals surface area contributed by atoms with Crippen LogP contribution >= 0.6 is 24.8 Å². The lowest BCUT2D eigenvalue weighted by molar-refractivity contribution is 0.278. The lowest BCUT2D eigenvalue weighted by Crippen LogP contribution is -2.46. The summed E-state index contributed by atoms with van der Waals surface area (Å²) in [6.07, 6.45) is 1.90. The van der Waals surface area contributed by atoms with Gasteiger partial charge in [-0.1, -0.05) is 48.5 Å². The highest BCUT2D eigenvalue weighted by Gasteiger charge is 2.27. The fourth-order valence-electron chi connectivity index (χ4n) is 4.12. The first-order chi connectivity index (χ1) is 15.1. The van der Waals surface area contributed by atoms with E-state index in [0.717, 1.165) is 38.1 Å². The minimum absolute atomic E-state index is 0. The number of fused-ring (bicyclic) bond motifs is 2. The summed E-state index contributed by atoms with van der Waals surface area (Å²) >= 11 is 0. The molecular formula is C24H25Cl2N3O3S. The highest BCUT2D eigenvalue weighted by Crippen LogP contribution is 2.33. The van der Waals surface area contributed by atoms with E-state index < -0.39 is 9.84 Å². The van der Waals surface area contributed by atoms with Gasteiger partial charge in [0.1, 0.15) is 10.4 Å². The molecule has 0 N–H and O–H groups in total. The number of para-hydroxylation sites is 1. The maximum atomic E-state index is 13.7. The monoisotopic (exact) mass is 505 g/mol. The Balaban J connectivity index is 0.00000153. The topological polar surface area (TPSA) is 66.7 Å². The summed E-state index contributed by atoms with van der Waals surface area (Å²) < 4.78 is 33.3. The standard InChI is InChI=1S/C24H23N3O3S.2ClH/c1-2-13-26-14-16-27(17-15-26)24-25-23-20(30-24)10-6-12-22(23)31(28,29)21-11-5-8-18-7-3-4-9-19(18)21;;/h2-12H,1,13-17H2;2*1H. The van der Waals surface area contributed by atoms with Crippen LogP contribution in [0.25, 0.3) is 21.9 Å². The van der Waals surface area contributed by atoms with Crippen molar-refractivity contribution in [2.75, 3.05) is 37.6 Å². The van der Waals surface area contributed by atoms with E-state index in [1.54, 1.807) is 30.3 Å². The summed E-state index contributed by atoms with van der Waals surface area (Å²) in [6, 6.07) is 18.4. The van der Waals surface area contributed by atoms with Gasteiger partial charge in [0.2, 0.25) is 9.84 Å². The highest BCUT2D eigenvalue weighted by atomic mass is 35.5. The molecule has 0 saturated carbocycles. The number of halogens is 2. The average molecular weight is 506 g/mol. The summed E-state index contributed by atoms with van der Waals surface area (Å²) in [5.41, 5.74) is 0.851. The van der Waals surface area contributed by atoms with E-state index in [1.807, 2.05) is 36.4 Å². The van der Waals surface area contributed by atoms with Crippen molar-refractivity contribution >= 4 is 62.5 Å². The molecule has 1 aliphatic heterocycles. The van der Waals surface area contributed by atoms with Crippen molar-refractivity contribution in [3.63, 3.8) is 0 Å². The molecule has 2 heterocycles. The maximum Gasteiger partial charge on any atom is 0.298 e. The number of oxazole rings is 1. The van der Waals surface area contributed by atoms with Crippen LogP contribution < -0.4 is 4.90 Å². The minimum Gasteiger partial charge on any atom is -0.423 e. The lowest BCUT2D eigenvalue weighted by Gasteiger charge is -2.33. The second kappa shape index (κ2) is 10.1. The Kier molecular flexibility index (Phi) is 7.69. The number of anilines is 1. The molecule has 6 nitrogen and oxygen atoms in total. The third-order valence-corrected chi connectivity index (χ3v) is 7.57. The quantitative estimate of drug-likeness (QED) is 0.357. The van der Waals surface area contributed by atoms with Crippen molar-refractivity contribution in [2.45, 2.75) is 9.79 Å². The Morgan fingerprint density at radius 3 is 2.33 bits per heavy atom. The number of sulfone groups is 1. The van der Waals surface area contributed by atoms with E-state index in [1.165, 1.54) is 0 Å². The molecule has 9 heteroatoms. The van der Waals surface area contributed by atoms with E-state index in [-0.39, 0.29) is 34.6 Å². The van der Waals surface area contributed by atoms with Crippen LogP contribution in [0.15, 0.2) is 87.5 Å². The summed E-state index contributed by atoms with van der Waals surface area (Å²) in [4.78, 5) is 9.44. The Hall–Kier alpha value is -2.58. The van der Waals surface area contributed by atoms with Gasteiger partial charge in [-0.2, -0.15) is 4.98 Å². The zero-order chi connectivity index (χ0) is 21.4. The summed E-state index contributed by atoms with van der Waals surface area (Å²) in [7, 11) is -3.79. The molecule has 0 radical (unpaired) electrons. The van der Waals surface area contributed by atoms with E-state index >= 15 is 0 Å². The van der Waals surface area contributed by atoms with Gasteiger partial charge in [-0.3, -0.25) is 4.90 Å². The van der Waals surface area contributed by atoms with Gasteiger partial charge in [-0.15, -0.1) is 31.4 Å². The van der Waals surface area contributed by atoms with Crippen molar-refractivity contribution in [3.05, 3.63) is 73.3 Å². The zero-order valence-electron chi connectivity index (χ0n) is 17.9. The number of piperazine rings is 1. The predicted molar refractivity (Wildman–Crippen MR) is 137 cm³/mol. The molecule has 174 valence electrons. The van der Waals surface area contributed by atoms with Crippen LogP contribution in [-0.4, -0.2) is 51.0 Å². The molecule has 0 bridgehead atoms. The van der Waals surface area contributed by atoms with Crippen LogP contribution in [0.1, 0.15) is 0 Å². The number of benzene rings is 3. The molecule has 1 fully saturated rings. The molecule has 1 aromatic heterocycles. The summed E-state index contributed by atoms with van der Waals surface area (Å²) in [5, 5.41) is 1.58. The van der Waals surface area contributed by atoms with Gasteiger partial charge in [0.15, 0.2) is 5.58 Å². The first kappa shape index (κ1) is 25.1. The van der Waals surface area contributed by atoms with Crippen LogP contribution in [-0.2, 0) is 9.84 Å². The second-order valence-corrected chi connectivity index (χ2v) is 9.54. The Bertz CT molecular complexity index is 1380. The first-order valence-corrected chi connectivity index (χ1v) is 11.8. The third-order valence-electron chi connectivity index (χ3n) is 5.73. The number of aromatic nitrogens is 1. The second-order valence-electron chi connectivity index (χ2n) is 7.66. The fourth-order valence-corrected chi connectivity index (χ4v) is 5.75. The largest absolute Gasteiger partial charge is 0.423 e. The molecule has 1 saturated heterocycles. The lowest BCUT2D eigenvalue weighted by atomic mass is 10.1. The first-order valence-electron chi connectivity index (χ1n) is 10.3. The summed E-state index contributed by atoms with van der Waals surface area (Å²) in [5.74, 6) is 0. The summed E-state index contributed by atoms with van der Waals surface area (Å²) in [6.45, 7) is 7.95. The normalized spacial score (nSPS) is 14.6. The molecular weight excluding hydrogens is 481 g/mol. The van der Waals surface area contributed by atoms with E-state index in [0.29, 0.717) is 22.5 Å². The molecule has 4 aromatic rings. The molecule has 0 unspecified atom stereocenters. The molecule has 0 amide bonds. The molecule has 0 aliphatic carbocycles. The predicted octanol–water partition coefficient (Wildman–Crippen LogP) is 4.97. The number of hydrogen-bond acceptors (Lipinski definition) is 6. The SMILES string of the molecule is C=CCN1CCN(c2nc3c(S(=O)(=O)c4cccc5ccccc45)cccc3o2)CC1.Cl.Cl. The van der Waals surface area contributed by atoms with E-state index in [2.05, 4.69) is 21.4 Å². The Morgan fingerprint density at radius 2 is 1.58 bits per heavy atom. The van der Waals surface area contributed by atoms with E-state index in [4.69, 9.17) is 4.42 Å². The molecule has 0 spiro atoms. The van der Waals surface area contributed by atoms with E-state index in [9.17, 15) is 8.42 Å². The van der Waals surface area contributed by atoms with Crippen LogP contribution in [0.4, 0.5) is 6.01 Å². The van der Waals surface area contributed by atoms with Crippen molar-refractivity contribution in [1.29, 1.82) is 0 Å². The van der Waals surface area contributed by atoms with Gasteiger partial charge in [0, 0.05) is 38.1 Å². The molecule has 3 aromatic carbocycles. The molecule has 5 rings (SSSR count). The number of rotatable bonds is 5. The van der Waals surface area contributed by atoms with Crippen LogP contribution in [0.5, 0.6) is 0 Å². The maximum absolute atomic E-state index is 13.7. The van der Waals surface area contributed by atoms with Gasteiger partial charge < -0.3 is 9.32 Å². The molecule has 0 atom stereocenters. The Labute approximate surface area is 205 Å². The zero-order valence-corrected chi connectivity index (χ0v) is 20.3. The average Bonchev–Trinajstić information content (AvgIpc) is 3.23. The highest BCUT2D eigenvalue weighted by molar-refractivity contribution is 7.92. The number of hydrogen-bond donors (Lipinski definition) is 0. The fraction of sp³-hybridized carbons (Fsp3) is 0.208. The van der Waals surface area contributed by atoms with Gasteiger partial charge in [0.25, 0.3) is 6.01 Å². The van der Waals surface area contributed by atoms with Gasteiger partial charge in [-0.05, 0) is 23.6 Å². The smallest absolute Gasteiger partial charge is 0.298 e. The van der Waals surface area contributed by atoms with Crippen molar-refractivity contribution in [2.24, 2.45) is 0 Å². The van der Waals surface area contributed by atoms with Crippen LogP contribution in [0.2, 0.25) is 0 Å². The Morgan fingerprint density at radius 1 is 0.909 bits per heavy atom. The van der Waals surface area contributed by atoms with Crippen molar-refractivity contribution < 1.29 is 12.8 Å². The van der Waals surface area contributed by atoms with Gasteiger partial charge in [-0.25, -0.2) is 8.42 Å². The van der Waals surface area contributed by atoms with Gasteiger partial charge >= 0.3 is 0 Å². The third kappa shape index (κ3) is 4.59. The van der Waals surface area contributed by atoms with Crippen molar-refractivity contribution in [3.8, 4) is 0 Å². The van der Waals surface area contributed by atoms with Crippen molar-refractivity contribution in [1.82, 2.24) is 9.88 Å². The molecule has 33 heavy (non-hydrogen) atoms.